The van der Waals surface area contributed by atoms with Crippen LogP contribution < -0.4 is 5.32 Å². The zero-order valence-corrected chi connectivity index (χ0v) is 8.53. The van der Waals surface area contributed by atoms with Crippen molar-refractivity contribution in [2.24, 2.45) is 0 Å². The van der Waals surface area contributed by atoms with E-state index in [1.54, 1.807) is 6.08 Å². The Balaban J connectivity index is 3.58. The zero-order chi connectivity index (χ0) is 10.6. The van der Waals surface area contributed by atoms with Gasteiger partial charge in [-0.05, 0) is 25.5 Å². The van der Waals surface area contributed by atoms with Gasteiger partial charge in [-0.3, -0.25) is 4.79 Å². The highest BCUT2D eigenvalue weighted by Crippen LogP contribution is 2.00. The van der Waals surface area contributed by atoms with Crippen molar-refractivity contribution in [3.8, 4) is 0 Å². The Morgan fingerprint density at radius 1 is 1.57 bits per heavy atom. The molecule has 0 aliphatic rings. The number of nitrogens with one attached hydrogen (secondary N) is 1. The minimum atomic E-state index is 0.599. The minimum Gasteiger partial charge on any atom is -0.494 e. The Kier molecular flexibility index (Phi) is 8.54. The van der Waals surface area contributed by atoms with Crippen molar-refractivity contribution in [1.29, 1.82) is 0 Å². The average Bonchev–Trinajstić information content (AvgIpc) is 2.22. The van der Waals surface area contributed by atoms with E-state index in [0.29, 0.717) is 19.6 Å². The number of allylic oxidation sites excluding steroid dienone is 4. The second-order valence-electron chi connectivity index (χ2n) is 2.56. The summed E-state index contributed by atoms with van der Waals surface area (Å²) < 4.78 is 5.41. The molecule has 0 aromatic carbocycles. The van der Waals surface area contributed by atoms with Crippen molar-refractivity contribution in [3.63, 3.8) is 0 Å². The second kappa shape index (κ2) is 9.58. The molecule has 0 unspecified atom stereocenters. The van der Waals surface area contributed by atoms with E-state index in [9.17, 15) is 4.79 Å². The summed E-state index contributed by atoms with van der Waals surface area (Å²) in [6, 6.07) is 0. The molecule has 0 heterocycles. The SMILES string of the molecule is C=C/C=C\C(=C/C)OCCCNC=O. The van der Waals surface area contributed by atoms with Gasteiger partial charge in [0.15, 0.2) is 0 Å². The molecule has 0 aromatic heterocycles. The van der Waals surface area contributed by atoms with Gasteiger partial charge in [0.05, 0.1) is 6.61 Å². The van der Waals surface area contributed by atoms with Gasteiger partial charge < -0.3 is 10.1 Å². The van der Waals surface area contributed by atoms with Gasteiger partial charge in [0.25, 0.3) is 0 Å². The van der Waals surface area contributed by atoms with Crippen LogP contribution in [-0.2, 0) is 9.53 Å². The molecule has 0 bridgehead atoms. The van der Waals surface area contributed by atoms with Gasteiger partial charge in [-0.25, -0.2) is 0 Å². The van der Waals surface area contributed by atoms with Crippen LogP contribution in [-0.4, -0.2) is 19.6 Å². The maximum Gasteiger partial charge on any atom is 0.207 e. The highest BCUT2D eigenvalue weighted by Gasteiger charge is 1.90. The fourth-order valence-electron chi connectivity index (χ4n) is 0.814. The van der Waals surface area contributed by atoms with Crippen molar-refractivity contribution in [2.75, 3.05) is 13.2 Å². The molecular formula is C11H17NO2. The van der Waals surface area contributed by atoms with Crippen LogP contribution in [0.4, 0.5) is 0 Å². The predicted octanol–water partition coefficient (Wildman–Crippen LogP) is 1.79. The van der Waals surface area contributed by atoms with Gasteiger partial charge in [0.2, 0.25) is 6.41 Å². The van der Waals surface area contributed by atoms with Gasteiger partial charge >= 0.3 is 0 Å². The Morgan fingerprint density at radius 3 is 2.93 bits per heavy atom. The summed E-state index contributed by atoms with van der Waals surface area (Å²) in [5.74, 6) is 0.816. The summed E-state index contributed by atoms with van der Waals surface area (Å²) in [6.07, 6.45) is 8.74. The first kappa shape index (κ1) is 12.5. The van der Waals surface area contributed by atoms with E-state index in [-0.39, 0.29) is 0 Å². The topological polar surface area (TPSA) is 38.3 Å². The Hall–Kier alpha value is -1.51. The number of carbonyl (C=O) groups is 1. The lowest BCUT2D eigenvalue weighted by Gasteiger charge is -2.05. The lowest BCUT2D eigenvalue weighted by molar-refractivity contribution is -0.109. The number of hydrogen-bond donors (Lipinski definition) is 1. The van der Waals surface area contributed by atoms with Gasteiger partial charge in [0, 0.05) is 6.54 Å². The van der Waals surface area contributed by atoms with E-state index in [0.717, 1.165) is 12.2 Å². The van der Waals surface area contributed by atoms with Crippen LogP contribution >= 0.6 is 0 Å². The Bertz CT molecular complexity index is 219. The molecule has 0 saturated heterocycles. The summed E-state index contributed by atoms with van der Waals surface area (Å²) in [7, 11) is 0. The van der Waals surface area contributed by atoms with Crippen LogP contribution in [0.1, 0.15) is 13.3 Å². The first-order chi connectivity index (χ1) is 6.85. The van der Waals surface area contributed by atoms with Crippen LogP contribution in [0.25, 0.3) is 0 Å². The molecule has 1 amide bonds. The third kappa shape index (κ3) is 7.16. The standard InChI is InChI=1S/C11H17NO2/c1-3-5-7-11(4-2)14-9-6-8-12-10-13/h3-5,7,10H,1,6,8-9H2,2H3,(H,12,13)/b7-5-,11-4+. The van der Waals surface area contributed by atoms with Crippen molar-refractivity contribution in [1.82, 2.24) is 5.32 Å². The second-order valence-corrected chi connectivity index (χ2v) is 2.56. The van der Waals surface area contributed by atoms with Crippen LogP contribution in [0.15, 0.2) is 36.6 Å². The summed E-state index contributed by atoms with van der Waals surface area (Å²) in [5, 5.41) is 2.57. The molecule has 0 rings (SSSR count). The zero-order valence-electron chi connectivity index (χ0n) is 8.53. The van der Waals surface area contributed by atoms with E-state index in [1.165, 1.54) is 0 Å². The summed E-state index contributed by atoms with van der Waals surface area (Å²) >= 11 is 0. The maximum absolute atomic E-state index is 9.91. The average molecular weight is 195 g/mol. The Labute approximate surface area is 85.1 Å². The molecule has 0 aliphatic carbocycles. The molecule has 0 fully saturated rings. The van der Waals surface area contributed by atoms with E-state index in [2.05, 4.69) is 11.9 Å². The lowest BCUT2D eigenvalue weighted by Crippen LogP contribution is -2.13. The monoisotopic (exact) mass is 195 g/mol. The molecule has 78 valence electrons. The molecule has 0 atom stereocenters. The number of amides is 1. The van der Waals surface area contributed by atoms with Crippen molar-refractivity contribution in [3.05, 3.63) is 36.6 Å². The molecule has 0 radical (unpaired) electrons. The smallest absolute Gasteiger partial charge is 0.207 e. The number of carbonyl (C=O) groups excluding carboxylic acids is 1. The van der Waals surface area contributed by atoms with Gasteiger partial charge in [-0.1, -0.05) is 18.7 Å². The molecule has 0 spiro atoms. The normalized spacial score (nSPS) is 11.4. The molecule has 0 aromatic rings. The fourth-order valence-corrected chi connectivity index (χ4v) is 0.814. The minimum absolute atomic E-state index is 0.599. The van der Waals surface area contributed by atoms with Crippen LogP contribution in [0.3, 0.4) is 0 Å². The largest absolute Gasteiger partial charge is 0.494 e. The lowest BCUT2D eigenvalue weighted by atomic mass is 10.4. The van der Waals surface area contributed by atoms with Gasteiger partial charge in [0.1, 0.15) is 5.76 Å². The fraction of sp³-hybridized carbons (Fsp3) is 0.364. The first-order valence-corrected chi connectivity index (χ1v) is 4.60. The van der Waals surface area contributed by atoms with Gasteiger partial charge in [-0.2, -0.15) is 0 Å². The summed E-state index contributed by atoms with van der Waals surface area (Å²) in [4.78, 5) is 9.91. The van der Waals surface area contributed by atoms with E-state index >= 15 is 0 Å². The van der Waals surface area contributed by atoms with Crippen molar-refractivity contribution >= 4 is 6.41 Å². The molecular weight excluding hydrogens is 178 g/mol. The van der Waals surface area contributed by atoms with Crippen LogP contribution in [0.5, 0.6) is 0 Å². The molecule has 14 heavy (non-hydrogen) atoms. The molecule has 0 saturated carbocycles. The molecule has 3 heteroatoms. The van der Waals surface area contributed by atoms with Crippen LogP contribution in [0.2, 0.25) is 0 Å². The first-order valence-electron chi connectivity index (χ1n) is 4.60. The third-order valence-electron chi connectivity index (χ3n) is 1.50. The van der Waals surface area contributed by atoms with Gasteiger partial charge in [-0.15, -0.1) is 0 Å². The third-order valence-corrected chi connectivity index (χ3v) is 1.50. The van der Waals surface area contributed by atoms with Crippen molar-refractivity contribution < 1.29 is 9.53 Å². The van der Waals surface area contributed by atoms with E-state index in [1.807, 2.05) is 25.2 Å². The highest BCUT2D eigenvalue weighted by atomic mass is 16.5. The van der Waals surface area contributed by atoms with Crippen LogP contribution in [0, 0.1) is 0 Å². The molecule has 3 nitrogen and oxygen atoms in total. The predicted molar refractivity (Wildman–Crippen MR) is 57.7 cm³/mol. The van der Waals surface area contributed by atoms with E-state index in [4.69, 9.17) is 4.74 Å². The number of rotatable bonds is 8. The van der Waals surface area contributed by atoms with Crippen molar-refractivity contribution in [2.45, 2.75) is 13.3 Å². The number of ether oxygens (including phenoxy) is 1. The summed E-state index contributed by atoms with van der Waals surface area (Å²) in [5.41, 5.74) is 0. The highest BCUT2D eigenvalue weighted by molar-refractivity contribution is 5.45. The number of hydrogen-bond acceptors (Lipinski definition) is 2. The molecule has 1 N–H and O–H groups in total. The maximum atomic E-state index is 9.91. The quantitative estimate of drug-likeness (QED) is 0.277. The Morgan fingerprint density at radius 2 is 2.36 bits per heavy atom. The van der Waals surface area contributed by atoms with E-state index < -0.39 is 0 Å². The molecule has 0 aliphatic heterocycles. The summed E-state index contributed by atoms with van der Waals surface area (Å²) in [6.45, 7) is 6.72.